The lowest BCUT2D eigenvalue weighted by atomic mass is 10.0. The summed E-state index contributed by atoms with van der Waals surface area (Å²) < 4.78 is 5.91. The van der Waals surface area contributed by atoms with E-state index in [0.29, 0.717) is 28.5 Å². The van der Waals surface area contributed by atoms with Gasteiger partial charge in [-0.1, -0.05) is 45.0 Å². The number of nitrogens with zero attached hydrogens (tertiary/aromatic N) is 1. The molecule has 3 aromatic carbocycles. The van der Waals surface area contributed by atoms with Crippen LogP contribution in [0.5, 0.6) is 0 Å². The molecule has 5 nitrogen and oxygen atoms in total. The van der Waals surface area contributed by atoms with Crippen LogP contribution in [0, 0.1) is 0 Å². The van der Waals surface area contributed by atoms with E-state index >= 15 is 0 Å². The number of hydrogen-bond donors (Lipinski definition) is 2. The van der Waals surface area contributed by atoms with Crippen molar-refractivity contribution in [2.24, 2.45) is 0 Å². The quantitative estimate of drug-likeness (QED) is 0.354. The third kappa shape index (κ3) is 4.86. The van der Waals surface area contributed by atoms with Gasteiger partial charge in [-0.3, -0.25) is 10.1 Å². The number of rotatable bonds is 5. The third-order valence-electron chi connectivity index (χ3n) is 5.32. The molecule has 0 saturated heterocycles. The van der Waals surface area contributed by atoms with Gasteiger partial charge in [0.2, 0.25) is 5.89 Å². The number of anilines is 1. The highest BCUT2D eigenvalue weighted by Gasteiger charge is 2.11. The van der Waals surface area contributed by atoms with Gasteiger partial charge in [-0.15, -0.1) is 0 Å². The van der Waals surface area contributed by atoms with Crippen LogP contribution in [0.1, 0.15) is 48.2 Å². The first-order valence-electron chi connectivity index (χ1n) is 10.6. The Morgan fingerprint density at radius 2 is 1.75 bits per heavy atom. The van der Waals surface area contributed by atoms with E-state index in [1.165, 1.54) is 11.1 Å². The molecule has 4 aromatic rings. The number of aryl methyl sites for hydroxylation is 1. The number of amides is 1. The Kier molecular flexibility index (Phi) is 6.32. The van der Waals surface area contributed by atoms with Crippen molar-refractivity contribution in [1.29, 1.82) is 0 Å². The monoisotopic (exact) mass is 443 g/mol. The standard InChI is InChI=1S/C26H25N3O2S/c1-4-17-5-7-19(8-6-17)24(30)29-26(32)27-21-13-14-23-22(15-21)28-25(31-23)20-11-9-18(10-12-20)16(2)3/h5-16H,4H2,1-3H3,(H2,27,29,30,32). The summed E-state index contributed by atoms with van der Waals surface area (Å²) in [6.07, 6.45) is 0.928. The summed E-state index contributed by atoms with van der Waals surface area (Å²) >= 11 is 5.31. The molecule has 32 heavy (non-hydrogen) atoms. The number of aromatic nitrogens is 1. The Morgan fingerprint density at radius 3 is 2.41 bits per heavy atom. The van der Waals surface area contributed by atoms with E-state index in [2.05, 4.69) is 48.5 Å². The maximum absolute atomic E-state index is 12.4. The van der Waals surface area contributed by atoms with E-state index in [-0.39, 0.29) is 11.0 Å². The van der Waals surface area contributed by atoms with Gasteiger partial charge in [0.15, 0.2) is 10.7 Å². The number of carbonyl (C=O) groups is 1. The predicted octanol–water partition coefficient (Wildman–Crippen LogP) is 6.31. The average molecular weight is 444 g/mol. The van der Waals surface area contributed by atoms with Crippen molar-refractivity contribution in [3.05, 3.63) is 83.4 Å². The van der Waals surface area contributed by atoms with Crippen LogP contribution in [-0.2, 0) is 6.42 Å². The van der Waals surface area contributed by atoms with E-state index < -0.39 is 0 Å². The maximum Gasteiger partial charge on any atom is 0.257 e. The van der Waals surface area contributed by atoms with Gasteiger partial charge in [-0.25, -0.2) is 4.98 Å². The van der Waals surface area contributed by atoms with Gasteiger partial charge < -0.3 is 9.73 Å². The molecule has 0 spiro atoms. The van der Waals surface area contributed by atoms with Gasteiger partial charge in [-0.2, -0.15) is 0 Å². The molecule has 4 rings (SSSR count). The van der Waals surface area contributed by atoms with Crippen molar-refractivity contribution in [2.45, 2.75) is 33.1 Å². The topological polar surface area (TPSA) is 67.2 Å². The zero-order valence-corrected chi connectivity index (χ0v) is 19.1. The van der Waals surface area contributed by atoms with Crippen LogP contribution in [0.2, 0.25) is 0 Å². The van der Waals surface area contributed by atoms with Crippen LogP contribution in [0.3, 0.4) is 0 Å². The van der Waals surface area contributed by atoms with Crippen LogP contribution in [0.4, 0.5) is 5.69 Å². The van der Waals surface area contributed by atoms with Crippen LogP contribution in [-0.4, -0.2) is 16.0 Å². The zero-order chi connectivity index (χ0) is 22.7. The fourth-order valence-electron chi connectivity index (χ4n) is 3.37. The number of thiocarbonyl (C=S) groups is 1. The molecular weight excluding hydrogens is 418 g/mol. The molecule has 0 aliphatic carbocycles. The normalized spacial score (nSPS) is 11.0. The van der Waals surface area contributed by atoms with Gasteiger partial charge in [-0.05, 0) is 78.1 Å². The van der Waals surface area contributed by atoms with Crippen molar-refractivity contribution < 1.29 is 9.21 Å². The Balaban J connectivity index is 1.45. The summed E-state index contributed by atoms with van der Waals surface area (Å²) in [6, 6.07) is 21.2. The number of carbonyl (C=O) groups excluding carboxylic acids is 1. The molecule has 1 heterocycles. The van der Waals surface area contributed by atoms with Gasteiger partial charge in [0.05, 0.1) is 0 Å². The summed E-state index contributed by atoms with van der Waals surface area (Å²) in [6.45, 7) is 6.40. The fraction of sp³-hybridized carbons (Fsp3) is 0.192. The average Bonchev–Trinajstić information content (AvgIpc) is 3.22. The minimum absolute atomic E-state index is 0.224. The first-order valence-corrected chi connectivity index (χ1v) is 11.1. The van der Waals surface area contributed by atoms with Crippen LogP contribution in [0.15, 0.2) is 71.1 Å². The van der Waals surface area contributed by atoms with Crippen molar-refractivity contribution in [3.63, 3.8) is 0 Å². The summed E-state index contributed by atoms with van der Waals surface area (Å²) in [5.41, 5.74) is 6.06. The molecular formula is C26H25N3O2S. The summed E-state index contributed by atoms with van der Waals surface area (Å²) in [7, 11) is 0. The molecule has 2 N–H and O–H groups in total. The highest BCUT2D eigenvalue weighted by atomic mass is 32.1. The molecule has 162 valence electrons. The highest BCUT2D eigenvalue weighted by molar-refractivity contribution is 7.80. The lowest BCUT2D eigenvalue weighted by Gasteiger charge is -2.09. The van der Waals surface area contributed by atoms with Crippen molar-refractivity contribution in [2.75, 3.05) is 5.32 Å². The molecule has 0 aliphatic rings. The van der Waals surface area contributed by atoms with E-state index in [9.17, 15) is 4.79 Å². The molecule has 0 bridgehead atoms. The Labute approximate surface area is 192 Å². The second kappa shape index (κ2) is 9.32. The number of nitrogens with one attached hydrogen (secondary N) is 2. The van der Waals surface area contributed by atoms with Crippen LogP contribution in [0.25, 0.3) is 22.6 Å². The summed E-state index contributed by atoms with van der Waals surface area (Å²) in [5.74, 6) is 0.792. The lowest BCUT2D eigenvalue weighted by Crippen LogP contribution is -2.34. The second-order valence-electron chi connectivity index (χ2n) is 7.94. The van der Waals surface area contributed by atoms with Crippen LogP contribution < -0.4 is 10.6 Å². The smallest absolute Gasteiger partial charge is 0.257 e. The minimum Gasteiger partial charge on any atom is -0.436 e. The lowest BCUT2D eigenvalue weighted by molar-refractivity contribution is 0.0977. The van der Waals surface area contributed by atoms with Crippen molar-refractivity contribution in [1.82, 2.24) is 10.3 Å². The van der Waals surface area contributed by atoms with Crippen molar-refractivity contribution >= 4 is 40.0 Å². The number of fused-ring (bicyclic) bond motifs is 1. The molecule has 6 heteroatoms. The molecule has 0 radical (unpaired) electrons. The SMILES string of the molecule is CCc1ccc(C(=O)NC(=S)Nc2ccc3oc(-c4ccc(C(C)C)cc4)nc3c2)cc1. The van der Waals surface area contributed by atoms with Crippen LogP contribution >= 0.6 is 12.2 Å². The van der Waals surface area contributed by atoms with Gasteiger partial charge in [0.1, 0.15) is 5.52 Å². The van der Waals surface area contributed by atoms with E-state index in [0.717, 1.165) is 17.7 Å². The fourth-order valence-corrected chi connectivity index (χ4v) is 3.58. The number of benzene rings is 3. The largest absolute Gasteiger partial charge is 0.436 e. The molecule has 1 aromatic heterocycles. The van der Waals surface area contributed by atoms with Gasteiger partial charge >= 0.3 is 0 Å². The second-order valence-corrected chi connectivity index (χ2v) is 8.35. The molecule has 0 atom stereocenters. The molecule has 1 amide bonds. The van der Waals surface area contributed by atoms with E-state index in [4.69, 9.17) is 16.6 Å². The third-order valence-corrected chi connectivity index (χ3v) is 5.53. The molecule has 0 aliphatic heterocycles. The minimum atomic E-state index is -0.250. The van der Waals surface area contributed by atoms with Gasteiger partial charge in [0.25, 0.3) is 5.91 Å². The Morgan fingerprint density at radius 1 is 1.03 bits per heavy atom. The maximum atomic E-state index is 12.4. The highest BCUT2D eigenvalue weighted by Crippen LogP contribution is 2.27. The number of hydrogen-bond acceptors (Lipinski definition) is 4. The summed E-state index contributed by atoms with van der Waals surface area (Å²) in [5, 5.41) is 5.98. The van der Waals surface area contributed by atoms with E-state index in [1.54, 1.807) is 12.1 Å². The number of oxazole rings is 1. The van der Waals surface area contributed by atoms with Gasteiger partial charge in [0, 0.05) is 16.8 Å². The zero-order valence-electron chi connectivity index (χ0n) is 18.3. The Bertz CT molecular complexity index is 1260. The summed E-state index contributed by atoms with van der Waals surface area (Å²) in [4.78, 5) is 17.0. The molecule has 0 unspecified atom stereocenters. The molecule has 0 saturated carbocycles. The first kappa shape index (κ1) is 21.7. The van der Waals surface area contributed by atoms with E-state index in [1.807, 2.05) is 42.5 Å². The van der Waals surface area contributed by atoms with Crippen molar-refractivity contribution in [3.8, 4) is 11.5 Å². The molecule has 0 fully saturated rings. The first-order chi connectivity index (χ1) is 15.4. The predicted molar refractivity (Wildman–Crippen MR) is 133 cm³/mol. The Hall–Kier alpha value is -3.51.